The number of unbranched alkanes of at least 4 members (excludes halogenated alkanes) is 1. The van der Waals surface area contributed by atoms with E-state index in [0.717, 1.165) is 12.8 Å². The number of hydrogen-bond acceptors (Lipinski definition) is 3. The van der Waals surface area contributed by atoms with Gasteiger partial charge in [0.25, 0.3) is 5.91 Å². The van der Waals surface area contributed by atoms with E-state index in [0.29, 0.717) is 17.9 Å². The Morgan fingerprint density at radius 2 is 2.26 bits per heavy atom. The van der Waals surface area contributed by atoms with Crippen LogP contribution in [0.25, 0.3) is 0 Å². The number of benzene rings is 1. The first-order chi connectivity index (χ1) is 9.08. The maximum atomic E-state index is 13.0. The number of carbonyl (C=O) groups excluding carboxylic acids is 1. The third-order valence-corrected chi connectivity index (χ3v) is 2.74. The molecule has 106 valence electrons. The summed E-state index contributed by atoms with van der Waals surface area (Å²) in [6.07, 6.45) is 1.32. The summed E-state index contributed by atoms with van der Waals surface area (Å²) in [5.74, 6) is -0.101. The lowest BCUT2D eigenvalue weighted by Crippen LogP contribution is -2.37. The normalized spacial score (nSPS) is 12.0. The molecule has 3 N–H and O–H groups in total. The molecule has 0 saturated carbocycles. The summed E-state index contributed by atoms with van der Waals surface area (Å²) in [5.41, 5.74) is 6.07. The first kappa shape index (κ1) is 15.4. The summed E-state index contributed by atoms with van der Waals surface area (Å²) < 4.78 is 18.6. The van der Waals surface area contributed by atoms with Crippen LogP contribution in [0.3, 0.4) is 0 Å². The molecule has 5 heteroatoms. The monoisotopic (exact) mass is 268 g/mol. The van der Waals surface area contributed by atoms with Gasteiger partial charge in [0.15, 0.2) is 6.10 Å². The number of nitrogens with one attached hydrogen (secondary N) is 1. The lowest BCUT2D eigenvalue weighted by Gasteiger charge is -2.16. The summed E-state index contributed by atoms with van der Waals surface area (Å²) in [4.78, 5) is 11.7. The van der Waals surface area contributed by atoms with Crippen LogP contribution in [0.15, 0.2) is 18.2 Å². The molecule has 0 fully saturated rings. The van der Waals surface area contributed by atoms with Crippen molar-refractivity contribution < 1.29 is 13.9 Å². The molecule has 1 aromatic carbocycles. The van der Waals surface area contributed by atoms with E-state index in [2.05, 4.69) is 12.2 Å². The van der Waals surface area contributed by atoms with Gasteiger partial charge in [-0.05, 0) is 31.5 Å². The smallest absolute Gasteiger partial charge is 0.260 e. The van der Waals surface area contributed by atoms with Crippen LogP contribution in [0, 0.1) is 5.82 Å². The lowest BCUT2D eigenvalue weighted by atomic mass is 10.2. The van der Waals surface area contributed by atoms with Crippen molar-refractivity contribution in [2.45, 2.75) is 39.3 Å². The van der Waals surface area contributed by atoms with Crippen LogP contribution in [0.2, 0.25) is 0 Å². The number of nitrogens with two attached hydrogens (primary N) is 1. The Morgan fingerprint density at radius 3 is 2.89 bits per heavy atom. The Morgan fingerprint density at radius 1 is 1.53 bits per heavy atom. The molecular formula is C14H21FN2O2. The number of hydrogen-bond donors (Lipinski definition) is 2. The van der Waals surface area contributed by atoms with Gasteiger partial charge in [0.2, 0.25) is 0 Å². The number of rotatable bonds is 7. The molecule has 1 aromatic rings. The van der Waals surface area contributed by atoms with Crippen LogP contribution in [0.5, 0.6) is 5.75 Å². The van der Waals surface area contributed by atoms with Crippen molar-refractivity contribution in [1.29, 1.82) is 0 Å². The van der Waals surface area contributed by atoms with Crippen LogP contribution in [-0.4, -0.2) is 18.6 Å². The van der Waals surface area contributed by atoms with E-state index in [1.165, 1.54) is 18.2 Å². The standard InChI is InChI=1S/C14H21FN2O2/c1-3-4-7-17-14(18)10(2)19-13-6-5-12(15)8-11(13)9-16/h5-6,8,10H,3-4,7,9,16H2,1-2H3,(H,17,18). The van der Waals surface area contributed by atoms with Crippen LogP contribution >= 0.6 is 0 Å². The van der Waals surface area contributed by atoms with Gasteiger partial charge in [-0.1, -0.05) is 13.3 Å². The quantitative estimate of drug-likeness (QED) is 0.743. The van der Waals surface area contributed by atoms with E-state index in [9.17, 15) is 9.18 Å². The molecule has 0 heterocycles. The maximum Gasteiger partial charge on any atom is 0.260 e. The van der Waals surface area contributed by atoms with Gasteiger partial charge in [0.1, 0.15) is 11.6 Å². The van der Waals surface area contributed by atoms with Gasteiger partial charge in [-0.15, -0.1) is 0 Å². The minimum absolute atomic E-state index is 0.164. The summed E-state index contributed by atoms with van der Waals surface area (Å²) in [5, 5.41) is 2.78. The van der Waals surface area contributed by atoms with Gasteiger partial charge >= 0.3 is 0 Å². The SMILES string of the molecule is CCCCNC(=O)C(C)Oc1ccc(F)cc1CN. The zero-order chi connectivity index (χ0) is 14.3. The van der Waals surface area contributed by atoms with E-state index in [1.807, 2.05) is 0 Å². The predicted molar refractivity (Wildman–Crippen MR) is 72.3 cm³/mol. The van der Waals surface area contributed by atoms with E-state index in [-0.39, 0.29) is 18.3 Å². The molecule has 0 radical (unpaired) electrons. The molecule has 0 bridgehead atoms. The average molecular weight is 268 g/mol. The third-order valence-electron chi connectivity index (χ3n) is 2.74. The van der Waals surface area contributed by atoms with E-state index in [1.54, 1.807) is 6.92 Å². The maximum absolute atomic E-state index is 13.0. The van der Waals surface area contributed by atoms with Gasteiger partial charge in [0, 0.05) is 18.7 Å². The Hall–Kier alpha value is -1.62. The molecule has 1 amide bonds. The van der Waals surface area contributed by atoms with Crippen LogP contribution < -0.4 is 15.8 Å². The molecule has 1 rings (SSSR count). The van der Waals surface area contributed by atoms with Crippen LogP contribution in [0.1, 0.15) is 32.3 Å². The van der Waals surface area contributed by atoms with Crippen molar-refractivity contribution in [3.8, 4) is 5.75 Å². The third kappa shape index (κ3) is 4.87. The topological polar surface area (TPSA) is 64.3 Å². The van der Waals surface area contributed by atoms with Crippen molar-refractivity contribution in [3.05, 3.63) is 29.6 Å². The fourth-order valence-corrected chi connectivity index (χ4v) is 1.60. The Bertz CT molecular complexity index is 424. The molecule has 0 aliphatic carbocycles. The van der Waals surface area contributed by atoms with Gasteiger partial charge in [-0.2, -0.15) is 0 Å². The fourth-order valence-electron chi connectivity index (χ4n) is 1.60. The first-order valence-corrected chi connectivity index (χ1v) is 6.51. The molecule has 0 saturated heterocycles. The second-order valence-corrected chi connectivity index (χ2v) is 4.36. The van der Waals surface area contributed by atoms with E-state index >= 15 is 0 Å². The highest BCUT2D eigenvalue weighted by Gasteiger charge is 2.15. The molecule has 4 nitrogen and oxygen atoms in total. The molecule has 0 aromatic heterocycles. The molecule has 1 atom stereocenters. The highest BCUT2D eigenvalue weighted by Crippen LogP contribution is 2.20. The van der Waals surface area contributed by atoms with Gasteiger partial charge < -0.3 is 15.8 Å². The second kappa shape index (κ2) is 7.74. The molecule has 1 unspecified atom stereocenters. The number of carbonyl (C=O) groups is 1. The highest BCUT2D eigenvalue weighted by molar-refractivity contribution is 5.80. The van der Waals surface area contributed by atoms with Gasteiger partial charge in [0.05, 0.1) is 0 Å². The van der Waals surface area contributed by atoms with Crippen molar-refractivity contribution >= 4 is 5.91 Å². The summed E-state index contributed by atoms with van der Waals surface area (Å²) >= 11 is 0. The average Bonchev–Trinajstić information content (AvgIpc) is 2.40. The van der Waals surface area contributed by atoms with E-state index < -0.39 is 6.10 Å². The predicted octanol–water partition coefficient (Wildman–Crippen LogP) is 1.97. The number of ether oxygens (including phenoxy) is 1. The van der Waals surface area contributed by atoms with Crippen molar-refractivity contribution in [1.82, 2.24) is 5.32 Å². The van der Waals surface area contributed by atoms with Gasteiger partial charge in [-0.25, -0.2) is 4.39 Å². The second-order valence-electron chi connectivity index (χ2n) is 4.36. The molecule has 0 aliphatic heterocycles. The van der Waals surface area contributed by atoms with Crippen LogP contribution in [-0.2, 0) is 11.3 Å². The molecular weight excluding hydrogens is 247 g/mol. The van der Waals surface area contributed by atoms with Crippen molar-refractivity contribution in [2.24, 2.45) is 5.73 Å². The molecule has 19 heavy (non-hydrogen) atoms. The zero-order valence-corrected chi connectivity index (χ0v) is 11.4. The van der Waals surface area contributed by atoms with Crippen molar-refractivity contribution in [3.63, 3.8) is 0 Å². The highest BCUT2D eigenvalue weighted by atomic mass is 19.1. The number of amides is 1. The minimum atomic E-state index is -0.632. The molecule has 0 spiro atoms. The molecule has 0 aliphatic rings. The largest absolute Gasteiger partial charge is 0.481 e. The zero-order valence-electron chi connectivity index (χ0n) is 11.4. The minimum Gasteiger partial charge on any atom is -0.481 e. The summed E-state index contributed by atoms with van der Waals surface area (Å²) in [7, 11) is 0. The first-order valence-electron chi connectivity index (χ1n) is 6.51. The summed E-state index contributed by atoms with van der Waals surface area (Å²) in [6, 6.07) is 4.10. The van der Waals surface area contributed by atoms with E-state index in [4.69, 9.17) is 10.5 Å². The Kier molecular flexibility index (Phi) is 6.29. The lowest BCUT2D eigenvalue weighted by molar-refractivity contribution is -0.127. The van der Waals surface area contributed by atoms with Crippen molar-refractivity contribution in [2.75, 3.05) is 6.54 Å². The fraction of sp³-hybridized carbons (Fsp3) is 0.500. The van der Waals surface area contributed by atoms with Gasteiger partial charge in [-0.3, -0.25) is 4.79 Å². The van der Waals surface area contributed by atoms with Crippen LogP contribution in [0.4, 0.5) is 4.39 Å². The Balaban J connectivity index is 2.60. The Labute approximate surface area is 113 Å². The summed E-state index contributed by atoms with van der Waals surface area (Å²) in [6.45, 7) is 4.51. The number of halogens is 1.